The zero-order chi connectivity index (χ0) is 17.4. The van der Waals surface area contributed by atoms with Crippen molar-refractivity contribution in [1.29, 1.82) is 0 Å². The molecule has 5 heteroatoms. The third-order valence-corrected chi connectivity index (χ3v) is 6.94. The Labute approximate surface area is 147 Å². The van der Waals surface area contributed by atoms with Crippen LogP contribution in [0.15, 0.2) is 24.8 Å². The maximum absolute atomic E-state index is 12.8. The van der Waals surface area contributed by atoms with Gasteiger partial charge in [-0.2, -0.15) is 0 Å². The standard InChI is InChI=1S/C20H23NO4/c1-3-9-21-10-8-19-16-12-4-5-14(24-2)17(16)25-18(19)13(22)6-7-20(19,23)15(21)11-12/h3-5,15,18,23H,1,6-11H2,2H3/t15-,18?,19+,20-/m0/s1. The summed E-state index contributed by atoms with van der Waals surface area (Å²) in [4.78, 5) is 15.1. The van der Waals surface area contributed by atoms with Gasteiger partial charge in [-0.1, -0.05) is 12.1 Å². The van der Waals surface area contributed by atoms with Crippen LogP contribution < -0.4 is 9.47 Å². The molecular weight excluding hydrogens is 318 g/mol. The number of methoxy groups -OCH3 is 1. The van der Waals surface area contributed by atoms with Gasteiger partial charge >= 0.3 is 0 Å². The number of aliphatic hydroxyl groups is 1. The van der Waals surface area contributed by atoms with Gasteiger partial charge in [-0.3, -0.25) is 9.69 Å². The minimum Gasteiger partial charge on any atom is -0.493 e. The van der Waals surface area contributed by atoms with Crippen molar-refractivity contribution in [3.05, 3.63) is 35.9 Å². The zero-order valence-corrected chi connectivity index (χ0v) is 14.5. The number of hydrogen-bond acceptors (Lipinski definition) is 5. The molecule has 0 amide bonds. The highest BCUT2D eigenvalue weighted by atomic mass is 16.5. The van der Waals surface area contributed by atoms with E-state index >= 15 is 0 Å². The molecule has 1 aromatic carbocycles. The molecule has 2 fully saturated rings. The number of rotatable bonds is 3. The summed E-state index contributed by atoms with van der Waals surface area (Å²) in [6.07, 6.45) is 3.66. The van der Waals surface area contributed by atoms with Gasteiger partial charge in [0.15, 0.2) is 23.4 Å². The van der Waals surface area contributed by atoms with Gasteiger partial charge in [0.2, 0.25) is 0 Å². The van der Waals surface area contributed by atoms with Gasteiger partial charge in [0.1, 0.15) is 0 Å². The maximum Gasteiger partial charge on any atom is 0.174 e. The van der Waals surface area contributed by atoms with E-state index in [1.54, 1.807) is 7.11 Å². The van der Waals surface area contributed by atoms with Gasteiger partial charge < -0.3 is 14.6 Å². The van der Waals surface area contributed by atoms with Crippen molar-refractivity contribution < 1.29 is 19.4 Å². The van der Waals surface area contributed by atoms with Gasteiger partial charge in [-0.15, -0.1) is 6.58 Å². The first-order chi connectivity index (χ1) is 12.1. The normalized spacial score (nSPS) is 38.1. The number of benzene rings is 1. The molecule has 1 aromatic rings. The summed E-state index contributed by atoms with van der Waals surface area (Å²) < 4.78 is 11.7. The third-order valence-electron chi connectivity index (χ3n) is 6.94. The topological polar surface area (TPSA) is 59.0 Å². The molecule has 1 saturated carbocycles. The minimum absolute atomic E-state index is 0.00899. The highest BCUT2D eigenvalue weighted by molar-refractivity contribution is 5.90. The van der Waals surface area contributed by atoms with Crippen molar-refractivity contribution in [3.63, 3.8) is 0 Å². The van der Waals surface area contributed by atoms with E-state index in [0.717, 1.165) is 31.5 Å². The van der Waals surface area contributed by atoms with Crippen molar-refractivity contribution >= 4 is 5.78 Å². The van der Waals surface area contributed by atoms with Gasteiger partial charge in [0.25, 0.3) is 0 Å². The molecule has 4 atom stereocenters. The molecule has 1 spiro atoms. The molecule has 0 aromatic heterocycles. The SMILES string of the molecule is C=CCN1CC[C@@]23c4c5ccc(OC)c4OC2C(=O)CC[C@]3(O)[C@@H]1C5. The van der Waals surface area contributed by atoms with E-state index in [0.29, 0.717) is 24.3 Å². The van der Waals surface area contributed by atoms with E-state index in [2.05, 4.69) is 17.5 Å². The van der Waals surface area contributed by atoms with E-state index < -0.39 is 17.1 Å². The lowest BCUT2D eigenvalue weighted by molar-refractivity contribution is -0.187. The number of likely N-dealkylation sites (tertiary alicyclic amines) is 1. The zero-order valence-electron chi connectivity index (χ0n) is 14.5. The van der Waals surface area contributed by atoms with Crippen LogP contribution >= 0.6 is 0 Å². The van der Waals surface area contributed by atoms with Crippen LogP contribution in [0.3, 0.4) is 0 Å². The second kappa shape index (κ2) is 4.86. The Morgan fingerprint density at radius 2 is 2.32 bits per heavy atom. The summed E-state index contributed by atoms with van der Waals surface area (Å²) in [7, 11) is 1.62. The van der Waals surface area contributed by atoms with E-state index in [9.17, 15) is 9.90 Å². The number of piperidine rings is 1. The summed E-state index contributed by atoms with van der Waals surface area (Å²) in [5.74, 6) is 1.44. The number of carbonyl (C=O) groups excluding carboxylic acids is 1. The highest BCUT2D eigenvalue weighted by Crippen LogP contribution is 2.64. The molecule has 1 saturated heterocycles. The fourth-order valence-electron chi connectivity index (χ4n) is 5.95. The number of carbonyl (C=O) groups is 1. The molecule has 1 N–H and O–H groups in total. The van der Waals surface area contributed by atoms with Crippen LogP contribution in [0, 0.1) is 0 Å². The Hall–Kier alpha value is -1.85. The predicted molar refractivity (Wildman–Crippen MR) is 92.2 cm³/mol. The number of ketones is 1. The molecule has 2 bridgehead atoms. The second-order valence-corrected chi connectivity index (χ2v) is 7.74. The number of nitrogens with zero attached hydrogens (tertiary/aromatic N) is 1. The van der Waals surface area contributed by atoms with Crippen molar-refractivity contribution in [3.8, 4) is 11.5 Å². The summed E-state index contributed by atoms with van der Waals surface area (Å²) >= 11 is 0. The fraction of sp³-hybridized carbons (Fsp3) is 0.550. The van der Waals surface area contributed by atoms with Gasteiger partial charge in [0, 0.05) is 31.1 Å². The molecule has 2 aliphatic carbocycles. The van der Waals surface area contributed by atoms with Crippen LogP contribution in [0.2, 0.25) is 0 Å². The molecule has 0 radical (unpaired) electrons. The van der Waals surface area contributed by atoms with Crippen molar-refractivity contribution in [2.75, 3.05) is 20.2 Å². The third kappa shape index (κ3) is 1.59. The lowest BCUT2D eigenvalue weighted by atomic mass is 9.49. The summed E-state index contributed by atoms with van der Waals surface area (Å²) in [6.45, 7) is 5.46. The molecular formula is C20H23NO4. The molecule has 25 heavy (non-hydrogen) atoms. The van der Waals surface area contributed by atoms with Crippen LogP contribution in [0.4, 0.5) is 0 Å². The Morgan fingerprint density at radius 3 is 3.08 bits per heavy atom. The number of Topliss-reactive ketones (excluding diaryl/α,β-unsaturated/α-hetero) is 1. The van der Waals surface area contributed by atoms with Crippen molar-refractivity contribution in [1.82, 2.24) is 4.90 Å². The molecule has 2 aliphatic heterocycles. The minimum atomic E-state index is -0.947. The smallest absolute Gasteiger partial charge is 0.174 e. The Morgan fingerprint density at radius 1 is 1.48 bits per heavy atom. The Bertz CT molecular complexity index is 790. The van der Waals surface area contributed by atoms with Crippen molar-refractivity contribution in [2.24, 2.45) is 0 Å². The van der Waals surface area contributed by atoms with E-state index in [4.69, 9.17) is 9.47 Å². The molecule has 4 aliphatic rings. The molecule has 1 unspecified atom stereocenters. The highest BCUT2D eigenvalue weighted by Gasteiger charge is 2.73. The summed E-state index contributed by atoms with van der Waals surface area (Å²) in [5.41, 5.74) is 0.623. The van der Waals surface area contributed by atoms with Crippen molar-refractivity contribution in [2.45, 2.75) is 48.8 Å². The summed E-state index contributed by atoms with van der Waals surface area (Å²) in [6, 6.07) is 3.99. The molecule has 132 valence electrons. The lowest BCUT2D eigenvalue weighted by Gasteiger charge is -2.62. The second-order valence-electron chi connectivity index (χ2n) is 7.74. The van der Waals surface area contributed by atoms with E-state index in [-0.39, 0.29) is 11.8 Å². The van der Waals surface area contributed by atoms with Gasteiger partial charge in [-0.25, -0.2) is 0 Å². The van der Waals surface area contributed by atoms with Crippen LogP contribution in [0.1, 0.15) is 30.4 Å². The Kier molecular flexibility index (Phi) is 3.00. The first kappa shape index (κ1) is 15.4. The molecule has 2 heterocycles. The van der Waals surface area contributed by atoms with Gasteiger partial charge in [0.05, 0.1) is 18.1 Å². The fourth-order valence-corrected chi connectivity index (χ4v) is 5.95. The summed E-state index contributed by atoms with van der Waals surface area (Å²) in [5, 5.41) is 11.9. The molecule has 5 nitrogen and oxygen atoms in total. The first-order valence-corrected chi connectivity index (χ1v) is 9.04. The van der Waals surface area contributed by atoms with Crippen LogP contribution in [-0.4, -0.2) is 53.7 Å². The average molecular weight is 341 g/mol. The van der Waals surface area contributed by atoms with E-state index in [1.807, 2.05) is 12.1 Å². The molecule has 5 rings (SSSR count). The van der Waals surface area contributed by atoms with Crippen LogP contribution in [-0.2, 0) is 16.6 Å². The average Bonchev–Trinajstić information content (AvgIpc) is 2.96. The lowest BCUT2D eigenvalue weighted by Crippen LogP contribution is -2.76. The largest absolute Gasteiger partial charge is 0.493 e. The van der Waals surface area contributed by atoms with Crippen LogP contribution in [0.5, 0.6) is 11.5 Å². The predicted octanol–water partition coefficient (Wildman–Crippen LogP) is 1.60. The van der Waals surface area contributed by atoms with E-state index in [1.165, 1.54) is 5.56 Å². The first-order valence-electron chi connectivity index (χ1n) is 9.04. The number of hydrogen-bond donors (Lipinski definition) is 1. The number of ether oxygens (including phenoxy) is 2. The van der Waals surface area contributed by atoms with Gasteiger partial charge in [-0.05, 0) is 30.9 Å². The quantitative estimate of drug-likeness (QED) is 0.847. The maximum atomic E-state index is 12.8. The Balaban J connectivity index is 1.79. The monoisotopic (exact) mass is 341 g/mol. The van der Waals surface area contributed by atoms with Crippen LogP contribution in [0.25, 0.3) is 0 Å².